The largest absolute Gasteiger partial charge is 0.462 e. The van der Waals surface area contributed by atoms with Crippen LogP contribution in [0.4, 0.5) is 10.1 Å². The molecule has 0 heterocycles. The summed E-state index contributed by atoms with van der Waals surface area (Å²) < 4.78 is 18.2. The van der Waals surface area contributed by atoms with Crippen molar-refractivity contribution in [3.8, 4) is 0 Å². The van der Waals surface area contributed by atoms with Crippen molar-refractivity contribution in [3.05, 3.63) is 101 Å². The van der Waals surface area contributed by atoms with Crippen LogP contribution in [0.1, 0.15) is 43.9 Å². The number of carbonyl (C=O) groups is 3. The van der Waals surface area contributed by atoms with Crippen LogP contribution in [0.15, 0.2) is 78.9 Å². The number of esters is 1. The van der Waals surface area contributed by atoms with E-state index in [0.717, 1.165) is 0 Å². The molecular formula is C24H20FNO4. The zero-order valence-corrected chi connectivity index (χ0v) is 16.1. The lowest BCUT2D eigenvalue weighted by molar-refractivity contribution is 0.0495. The fourth-order valence-electron chi connectivity index (χ4n) is 2.81. The van der Waals surface area contributed by atoms with Crippen LogP contribution in [0.2, 0.25) is 0 Å². The van der Waals surface area contributed by atoms with Gasteiger partial charge >= 0.3 is 5.97 Å². The van der Waals surface area contributed by atoms with E-state index in [1.54, 1.807) is 48.5 Å². The van der Waals surface area contributed by atoms with Gasteiger partial charge < -0.3 is 10.1 Å². The van der Waals surface area contributed by atoms with Crippen molar-refractivity contribution in [2.45, 2.75) is 12.8 Å². The third-order valence-electron chi connectivity index (χ3n) is 4.38. The number of ketones is 1. The van der Waals surface area contributed by atoms with Crippen LogP contribution in [0.5, 0.6) is 0 Å². The Balaban J connectivity index is 1.53. The molecule has 0 unspecified atom stereocenters. The van der Waals surface area contributed by atoms with E-state index in [1.807, 2.05) is 6.07 Å². The van der Waals surface area contributed by atoms with Gasteiger partial charge in [0, 0.05) is 17.5 Å². The molecule has 3 aromatic rings. The van der Waals surface area contributed by atoms with Crippen LogP contribution >= 0.6 is 0 Å². The molecule has 1 amide bonds. The minimum Gasteiger partial charge on any atom is -0.462 e. The van der Waals surface area contributed by atoms with E-state index >= 15 is 0 Å². The number of Topliss-reactive ketones (excluding diaryl/α,β-unsaturated/α-hetero) is 1. The molecule has 0 fully saturated rings. The fraction of sp³-hybridized carbons (Fsp3) is 0.125. The Bertz CT molecular complexity index is 1030. The summed E-state index contributed by atoms with van der Waals surface area (Å²) in [6.45, 7) is 0.0483. The third-order valence-corrected chi connectivity index (χ3v) is 4.38. The van der Waals surface area contributed by atoms with Crippen molar-refractivity contribution in [1.29, 1.82) is 0 Å². The van der Waals surface area contributed by atoms with Crippen LogP contribution in [-0.4, -0.2) is 24.3 Å². The molecular weight excluding hydrogens is 385 g/mol. The molecule has 0 atom stereocenters. The van der Waals surface area contributed by atoms with Gasteiger partial charge in [0.05, 0.1) is 17.9 Å². The molecule has 152 valence electrons. The quantitative estimate of drug-likeness (QED) is 0.329. The summed E-state index contributed by atoms with van der Waals surface area (Å²) in [5.41, 5.74) is 1.46. The van der Waals surface area contributed by atoms with Gasteiger partial charge in [-0.25, -0.2) is 9.18 Å². The van der Waals surface area contributed by atoms with Crippen molar-refractivity contribution >= 4 is 23.3 Å². The van der Waals surface area contributed by atoms with Gasteiger partial charge in [-0.3, -0.25) is 9.59 Å². The lowest BCUT2D eigenvalue weighted by Crippen LogP contribution is -2.16. The predicted molar refractivity (Wildman–Crippen MR) is 111 cm³/mol. The van der Waals surface area contributed by atoms with Gasteiger partial charge in [0.1, 0.15) is 5.82 Å². The van der Waals surface area contributed by atoms with Crippen LogP contribution in [0.3, 0.4) is 0 Å². The summed E-state index contributed by atoms with van der Waals surface area (Å²) in [7, 11) is 0. The van der Waals surface area contributed by atoms with Gasteiger partial charge in [0.25, 0.3) is 5.91 Å². The van der Waals surface area contributed by atoms with Crippen molar-refractivity contribution in [2.75, 3.05) is 11.9 Å². The fourth-order valence-corrected chi connectivity index (χ4v) is 2.81. The number of halogens is 1. The first-order valence-corrected chi connectivity index (χ1v) is 9.46. The van der Waals surface area contributed by atoms with Crippen molar-refractivity contribution in [1.82, 2.24) is 0 Å². The molecule has 0 saturated heterocycles. The van der Waals surface area contributed by atoms with Crippen molar-refractivity contribution in [2.24, 2.45) is 0 Å². The predicted octanol–water partition coefficient (Wildman–Crippen LogP) is 4.90. The molecule has 6 heteroatoms. The smallest absolute Gasteiger partial charge is 0.340 e. The molecule has 0 aliphatic rings. The van der Waals surface area contributed by atoms with Gasteiger partial charge in [0.2, 0.25) is 0 Å². The second-order valence-corrected chi connectivity index (χ2v) is 6.54. The van der Waals surface area contributed by atoms with Crippen molar-refractivity contribution in [3.63, 3.8) is 0 Å². The van der Waals surface area contributed by atoms with Crippen LogP contribution < -0.4 is 5.32 Å². The molecule has 0 spiro atoms. The van der Waals surface area contributed by atoms with E-state index in [4.69, 9.17) is 4.74 Å². The van der Waals surface area contributed by atoms with E-state index in [0.29, 0.717) is 23.2 Å². The number of nitrogens with one attached hydrogen (secondary N) is 1. The van der Waals surface area contributed by atoms with Crippen molar-refractivity contribution < 1.29 is 23.5 Å². The van der Waals surface area contributed by atoms with Gasteiger partial charge in [-0.05, 0) is 55.0 Å². The third kappa shape index (κ3) is 5.61. The maximum Gasteiger partial charge on any atom is 0.340 e. The molecule has 0 aliphatic heterocycles. The molecule has 3 rings (SSSR count). The van der Waals surface area contributed by atoms with Gasteiger partial charge in [-0.2, -0.15) is 0 Å². The lowest BCUT2D eigenvalue weighted by Gasteiger charge is -2.11. The van der Waals surface area contributed by atoms with E-state index in [1.165, 1.54) is 24.3 Å². The zero-order valence-electron chi connectivity index (χ0n) is 16.1. The van der Waals surface area contributed by atoms with Crippen LogP contribution in [-0.2, 0) is 4.74 Å². The van der Waals surface area contributed by atoms with E-state index in [2.05, 4.69) is 5.32 Å². The van der Waals surface area contributed by atoms with E-state index in [9.17, 15) is 18.8 Å². The monoisotopic (exact) mass is 405 g/mol. The maximum absolute atomic E-state index is 12.9. The Hall–Kier alpha value is -3.80. The second-order valence-electron chi connectivity index (χ2n) is 6.54. The average Bonchev–Trinajstić information content (AvgIpc) is 2.78. The van der Waals surface area contributed by atoms with Gasteiger partial charge in [0.15, 0.2) is 5.78 Å². The molecule has 0 radical (unpaired) electrons. The summed E-state index contributed by atoms with van der Waals surface area (Å²) in [5, 5.41) is 2.72. The first-order valence-electron chi connectivity index (χ1n) is 9.46. The molecule has 0 aromatic heterocycles. The van der Waals surface area contributed by atoms with Crippen LogP contribution in [0, 0.1) is 5.82 Å². The first kappa shape index (κ1) is 20.9. The van der Waals surface area contributed by atoms with E-state index in [-0.39, 0.29) is 30.3 Å². The Kier molecular flexibility index (Phi) is 7.05. The minimum atomic E-state index is -0.590. The number of benzene rings is 3. The Morgan fingerprint density at radius 2 is 1.47 bits per heavy atom. The standard InChI is InChI=1S/C24H20FNO4/c25-19-14-12-17(13-15-19)22(27)11-6-16-30-24(29)20-9-4-5-10-21(20)26-23(28)18-7-2-1-3-8-18/h1-5,7-10,12-15H,6,11,16H2,(H,26,28). The maximum atomic E-state index is 12.9. The zero-order chi connectivity index (χ0) is 21.3. The minimum absolute atomic E-state index is 0.0483. The Labute approximate surface area is 173 Å². The number of ether oxygens (including phenoxy) is 1. The number of carbonyl (C=O) groups excluding carboxylic acids is 3. The number of hydrogen-bond donors (Lipinski definition) is 1. The molecule has 0 saturated carbocycles. The van der Waals surface area contributed by atoms with Gasteiger partial charge in [-0.1, -0.05) is 30.3 Å². The summed E-state index contributed by atoms with van der Waals surface area (Å²) in [5.74, 6) is -1.48. The summed E-state index contributed by atoms with van der Waals surface area (Å²) >= 11 is 0. The van der Waals surface area contributed by atoms with Crippen LogP contribution in [0.25, 0.3) is 0 Å². The molecule has 5 nitrogen and oxygen atoms in total. The molecule has 0 aliphatic carbocycles. The number of para-hydroxylation sites is 1. The average molecular weight is 405 g/mol. The first-order chi connectivity index (χ1) is 14.5. The Morgan fingerprint density at radius 1 is 0.800 bits per heavy atom. The Morgan fingerprint density at radius 3 is 2.20 bits per heavy atom. The number of amides is 1. The molecule has 3 aromatic carbocycles. The highest BCUT2D eigenvalue weighted by molar-refractivity contribution is 6.08. The highest BCUT2D eigenvalue weighted by atomic mass is 19.1. The highest BCUT2D eigenvalue weighted by Crippen LogP contribution is 2.18. The normalized spacial score (nSPS) is 10.3. The summed E-state index contributed by atoms with van der Waals surface area (Å²) in [6, 6.07) is 20.5. The van der Waals surface area contributed by atoms with E-state index < -0.39 is 11.8 Å². The SMILES string of the molecule is O=C(CCCOC(=O)c1ccccc1NC(=O)c1ccccc1)c1ccc(F)cc1. The highest BCUT2D eigenvalue weighted by Gasteiger charge is 2.15. The lowest BCUT2D eigenvalue weighted by atomic mass is 10.1. The molecule has 1 N–H and O–H groups in total. The summed E-state index contributed by atoms with van der Waals surface area (Å²) in [4.78, 5) is 36.9. The number of rotatable bonds is 8. The topological polar surface area (TPSA) is 72.5 Å². The second kappa shape index (κ2) is 10.1. The molecule has 30 heavy (non-hydrogen) atoms. The number of anilines is 1. The summed E-state index contributed by atoms with van der Waals surface area (Å²) in [6.07, 6.45) is 0.506. The van der Waals surface area contributed by atoms with Gasteiger partial charge in [-0.15, -0.1) is 0 Å². The number of hydrogen-bond acceptors (Lipinski definition) is 4. The molecule has 0 bridgehead atoms.